The number of thioether (sulfide) groups is 1. The van der Waals surface area contributed by atoms with Crippen LogP contribution in [0.4, 0.5) is 0 Å². The van der Waals surface area contributed by atoms with Gasteiger partial charge in [0.25, 0.3) is 0 Å². The topological polar surface area (TPSA) is 29.5 Å². The zero-order valence-corrected chi connectivity index (χ0v) is 11.5. The van der Waals surface area contributed by atoms with Gasteiger partial charge in [-0.3, -0.25) is 9.69 Å². The highest BCUT2D eigenvalue weighted by Gasteiger charge is 2.29. The highest BCUT2D eigenvalue weighted by atomic mass is 32.2. The van der Waals surface area contributed by atoms with Crippen LogP contribution in [0.25, 0.3) is 0 Å². The highest BCUT2D eigenvalue weighted by Crippen LogP contribution is 2.24. The Morgan fingerprint density at radius 3 is 2.81 bits per heavy atom. The van der Waals surface area contributed by atoms with Gasteiger partial charge in [0, 0.05) is 30.1 Å². The molecule has 1 aliphatic heterocycles. The van der Waals surface area contributed by atoms with Gasteiger partial charge in [-0.25, -0.2) is 0 Å². The molecule has 0 amide bonds. The number of rotatable bonds is 4. The predicted molar refractivity (Wildman–Crippen MR) is 68.8 cm³/mol. The van der Waals surface area contributed by atoms with E-state index < -0.39 is 0 Å². The molecular formula is C12H23NO2S. The quantitative estimate of drug-likeness (QED) is 0.709. The van der Waals surface area contributed by atoms with Gasteiger partial charge in [-0.05, 0) is 13.3 Å². The second-order valence-electron chi connectivity index (χ2n) is 4.45. The van der Waals surface area contributed by atoms with E-state index in [1.54, 1.807) is 0 Å². The Labute approximate surface area is 103 Å². The Balaban J connectivity index is 2.52. The number of methoxy groups -OCH3 is 1. The van der Waals surface area contributed by atoms with Gasteiger partial charge in [-0.1, -0.05) is 13.8 Å². The highest BCUT2D eigenvalue weighted by molar-refractivity contribution is 8.00. The third-order valence-corrected chi connectivity index (χ3v) is 4.87. The van der Waals surface area contributed by atoms with Gasteiger partial charge >= 0.3 is 5.97 Å². The van der Waals surface area contributed by atoms with E-state index in [-0.39, 0.29) is 17.9 Å². The molecule has 0 spiro atoms. The first-order valence-corrected chi connectivity index (χ1v) is 7.08. The summed E-state index contributed by atoms with van der Waals surface area (Å²) in [5.41, 5.74) is 0. The molecule has 1 heterocycles. The molecule has 0 saturated carbocycles. The Morgan fingerprint density at radius 1 is 1.56 bits per heavy atom. The van der Waals surface area contributed by atoms with E-state index in [1.807, 2.05) is 6.92 Å². The number of esters is 1. The number of nitrogens with zero attached hydrogens (tertiary/aromatic N) is 1. The van der Waals surface area contributed by atoms with Crippen LogP contribution in [0.2, 0.25) is 0 Å². The van der Waals surface area contributed by atoms with Crippen molar-refractivity contribution in [3.05, 3.63) is 0 Å². The molecule has 0 aromatic carbocycles. The minimum absolute atomic E-state index is 0.0365. The number of hydrogen-bond donors (Lipinski definition) is 0. The van der Waals surface area contributed by atoms with Crippen LogP contribution < -0.4 is 0 Å². The summed E-state index contributed by atoms with van der Waals surface area (Å²) in [6, 6.07) is 0.280. The zero-order chi connectivity index (χ0) is 12.1. The Morgan fingerprint density at radius 2 is 2.25 bits per heavy atom. The van der Waals surface area contributed by atoms with Crippen LogP contribution in [0.1, 0.15) is 27.2 Å². The molecule has 3 atom stereocenters. The Hall–Kier alpha value is -0.220. The van der Waals surface area contributed by atoms with E-state index in [0.29, 0.717) is 0 Å². The molecule has 94 valence electrons. The Bertz CT molecular complexity index is 235. The van der Waals surface area contributed by atoms with E-state index in [4.69, 9.17) is 4.74 Å². The van der Waals surface area contributed by atoms with Crippen molar-refractivity contribution in [2.75, 3.05) is 26.0 Å². The number of hydrogen-bond acceptors (Lipinski definition) is 4. The molecule has 1 saturated heterocycles. The molecule has 3 unspecified atom stereocenters. The van der Waals surface area contributed by atoms with Gasteiger partial charge in [0.1, 0.15) is 0 Å². The van der Waals surface area contributed by atoms with Gasteiger partial charge in [0.05, 0.1) is 13.0 Å². The maximum atomic E-state index is 11.5. The maximum absolute atomic E-state index is 11.5. The SMILES string of the molecule is CCC1CN(C(C)C(C)C(=O)OC)CCS1. The summed E-state index contributed by atoms with van der Waals surface area (Å²) in [5, 5.41) is 0.723. The lowest BCUT2D eigenvalue weighted by molar-refractivity contribution is -0.147. The van der Waals surface area contributed by atoms with Crippen molar-refractivity contribution < 1.29 is 9.53 Å². The number of carbonyl (C=O) groups is 1. The molecule has 3 nitrogen and oxygen atoms in total. The zero-order valence-electron chi connectivity index (χ0n) is 10.7. The summed E-state index contributed by atoms with van der Waals surface area (Å²) in [6.45, 7) is 8.51. The Kier molecular flexibility index (Phi) is 5.62. The lowest BCUT2D eigenvalue weighted by atomic mass is 10.0. The van der Waals surface area contributed by atoms with Crippen LogP contribution in [0.15, 0.2) is 0 Å². The van der Waals surface area contributed by atoms with Crippen LogP contribution in [0, 0.1) is 5.92 Å². The van der Waals surface area contributed by atoms with Gasteiger partial charge < -0.3 is 4.74 Å². The first-order chi connectivity index (χ1) is 7.60. The lowest BCUT2D eigenvalue weighted by Crippen LogP contribution is -2.47. The van der Waals surface area contributed by atoms with Crippen molar-refractivity contribution >= 4 is 17.7 Å². The summed E-state index contributed by atoms with van der Waals surface area (Å²) < 4.78 is 4.81. The first-order valence-electron chi connectivity index (χ1n) is 6.03. The van der Waals surface area contributed by atoms with E-state index in [9.17, 15) is 4.79 Å². The monoisotopic (exact) mass is 245 g/mol. The molecule has 4 heteroatoms. The first kappa shape index (κ1) is 13.8. The van der Waals surface area contributed by atoms with E-state index in [2.05, 4.69) is 30.5 Å². The second kappa shape index (κ2) is 6.50. The van der Waals surface area contributed by atoms with Gasteiger partial charge in [0.2, 0.25) is 0 Å². The molecule has 0 aromatic rings. The fraction of sp³-hybridized carbons (Fsp3) is 0.917. The number of ether oxygens (including phenoxy) is 1. The molecule has 1 aliphatic rings. The van der Waals surface area contributed by atoms with Gasteiger partial charge in [0.15, 0.2) is 0 Å². The molecule has 16 heavy (non-hydrogen) atoms. The third-order valence-electron chi connectivity index (χ3n) is 3.50. The smallest absolute Gasteiger partial charge is 0.309 e. The minimum atomic E-state index is -0.0984. The van der Waals surface area contributed by atoms with E-state index >= 15 is 0 Å². The van der Waals surface area contributed by atoms with Crippen LogP contribution in [0.3, 0.4) is 0 Å². The normalized spacial score (nSPS) is 26.1. The second-order valence-corrected chi connectivity index (χ2v) is 5.86. The van der Waals surface area contributed by atoms with Crippen molar-refractivity contribution in [2.24, 2.45) is 5.92 Å². The summed E-state index contributed by atoms with van der Waals surface area (Å²) in [4.78, 5) is 13.9. The summed E-state index contributed by atoms with van der Waals surface area (Å²) in [5.74, 6) is 1.04. The van der Waals surface area contributed by atoms with Crippen molar-refractivity contribution in [3.63, 3.8) is 0 Å². The third kappa shape index (κ3) is 3.39. The summed E-state index contributed by atoms with van der Waals surface area (Å²) >= 11 is 2.05. The van der Waals surface area contributed by atoms with Crippen LogP contribution >= 0.6 is 11.8 Å². The standard InChI is InChI=1S/C12H23NO2S/c1-5-11-8-13(6-7-16-11)10(3)9(2)12(14)15-4/h9-11H,5-8H2,1-4H3. The molecule has 0 N–H and O–H groups in total. The largest absolute Gasteiger partial charge is 0.469 e. The average Bonchev–Trinajstić information content (AvgIpc) is 2.36. The number of carbonyl (C=O) groups excluding carboxylic acids is 1. The summed E-state index contributed by atoms with van der Waals surface area (Å²) in [6.07, 6.45) is 1.21. The van der Waals surface area contributed by atoms with Gasteiger partial charge in [-0.15, -0.1) is 0 Å². The summed E-state index contributed by atoms with van der Waals surface area (Å²) in [7, 11) is 1.46. The average molecular weight is 245 g/mol. The van der Waals surface area contributed by atoms with Gasteiger partial charge in [-0.2, -0.15) is 11.8 Å². The van der Waals surface area contributed by atoms with E-state index in [1.165, 1.54) is 19.3 Å². The molecule has 1 fully saturated rings. The molecular weight excluding hydrogens is 222 g/mol. The van der Waals surface area contributed by atoms with Crippen molar-refractivity contribution in [1.29, 1.82) is 0 Å². The van der Waals surface area contributed by atoms with Crippen LogP contribution in [-0.2, 0) is 9.53 Å². The molecule has 0 bridgehead atoms. The maximum Gasteiger partial charge on any atom is 0.309 e. The van der Waals surface area contributed by atoms with Crippen LogP contribution in [-0.4, -0.2) is 48.1 Å². The fourth-order valence-corrected chi connectivity index (χ4v) is 3.26. The molecule has 1 rings (SSSR count). The predicted octanol–water partition coefficient (Wildman–Crippen LogP) is 2.01. The van der Waals surface area contributed by atoms with Crippen molar-refractivity contribution in [1.82, 2.24) is 4.90 Å². The van der Waals surface area contributed by atoms with E-state index in [0.717, 1.165) is 18.3 Å². The fourth-order valence-electron chi connectivity index (χ4n) is 2.06. The molecule has 0 radical (unpaired) electrons. The minimum Gasteiger partial charge on any atom is -0.469 e. The van der Waals surface area contributed by atoms with Crippen LogP contribution in [0.5, 0.6) is 0 Å². The van der Waals surface area contributed by atoms with Crippen molar-refractivity contribution in [2.45, 2.75) is 38.5 Å². The lowest BCUT2D eigenvalue weighted by Gasteiger charge is -2.38. The molecule has 0 aliphatic carbocycles. The van der Waals surface area contributed by atoms with Crippen molar-refractivity contribution in [3.8, 4) is 0 Å². The molecule has 0 aromatic heterocycles.